The number of aryl methyl sites for hydroxylation is 3. The molecule has 0 unspecified atom stereocenters. The Morgan fingerprint density at radius 1 is 1.16 bits per heavy atom. The lowest BCUT2D eigenvalue weighted by Crippen LogP contribution is -2.39. The van der Waals surface area contributed by atoms with E-state index in [-0.39, 0.29) is 17.9 Å². The van der Waals surface area contributed by atoms with Gasteiger partial charge in [-0.3, -0.25) is 9.59 Å². The van der Waals surface area contributed by atoms with E-state index in [1.165, 1.54) is 6.92 Å². The summed E-state index contributed by atoms with van der Waals surface area (Å²) < 4.78 is 2.58. The van der Waals surface area contributed by atoms with E-state index in [0.717, 1.165) is 53.1 Å². The van der Waals surface area contributed by atoms with Crippen molar-refractivity contribution in [2.45, 2.75) is 59.9 Å². The lowest BCUT2D eigenvalue weighted by atomic mass is 9.97. The molecule has 32 heavy (non-hydrogen) atoms. The number of rotatable bonds is 3. The molecule has 2 amide bonds. The summed E-state index contributed by atoms with van der Waals surface area (Å²) >= 11 is 3.59. The maximum absolute atomic E-state index is 13.8. The van der Waals surface area contributed by atoms with E-state index in [1.807, 2.05) is 49.2 Å². The van der Waals surface area contributed by atoms with Gasteiger partial charge < -0.3 is 10.2 Å². The largest absolute Gasteiger partial charge is 0.330 e. The molecule has 168 valence electrons. The van der Waals surface area contributed by atoms with Crippen molar-refractivity contribution in [1.29, 1.82) is 0 Å². The average Bonchev–Trinajstić information content (AvgIpc) is 3.18. The smallest absolute Gasteiger partial charge is 0.257 e. The van der Waals surface area contributed by atoms with Crippen LogP contribution in [0.25, 0.3) is 5.65 Å². The van der Waals surface area contributed by atoms with E-state index in [9.17, 15) is 9.59 Å². The number of amides is 2. The predicted octanol–water partition coefficient (Wildman–Crippen LogP) is 5.05. The molecule has 3 aromatic rings. The molecule has 0 radical (unpaired) electrons. The first-order valence-electron chi connectivity index (χ1n) is 10.9. The van der Waals surface area contributed by atoms with Gasteiger partial charge in [-0.1, -0.05) is 6.07 Å². The molecular formula is C24H28BrN5O2. The molecule has 2 aromatic heterocycles. The summed E-state index contributed by atoms with van der Waals surface area (Å²) in [5, 5.41) is 7.67. The summed E-state index contributed by atoms with van der Waals surface area (Å²) in [5.41, 5.74) is 6.75. The number of anilines is 1. The quantitative estimate of drug-likeness (QED) is 0.548. The first-order chi connectivity index (χ1) is 15.2. The first kappa shape index (κ1) is 22.5. The number of halogens is 1. The minimum atomic E-state index is -0.211. The van der Waals surface area contributed by atoms with Crippen LogP contribution >= 0.6 is 15.9 Å². The highest BCUT2D eigenvalue weighted by Gasteiger charge is 2.33. The Kier molecular flexibility index (Phi) is 6.07. The van der Waals surface area contributed by atoms with Crippen molar-refractivity contribution in [3.05, 3.63) is 56.4 Å². The summed E-state index contributed by atoms with van der Waals surface area (Å²) in [5.74, 6) is -0.319. The van der Waals surface area contributed by atoms with Crippen LogP contribution in [0.1, 0.15) is 70.8 Å². The van der Waals surface area contributed by atoms with Gasteiger partial charge in [0.2, 0.25) is 5.91 Å². The van der Waals surface area contributed by atoms with Crippen LogP contribution in [0.15, 0.2) is 22.7 Å². The molecular weight excluding hydrogens is 470 g/mol. The van der Waals surface area contributed by atoms with Crippen molar-refractivity contribution in [1.82, 2.24) is 19.5 Å². The van der Waals surface area contributed by atoms with Gasteiger partial charge in [0.1, 0.15) is 0 Å². The van der Waals surface area contributed by atoms with Gasteiger partial charge in [0.05, 0.1) is 23.0 Å². The Balaban J connectivity index is 1.78. The fourth-order valence-corrected chi connectivity index (χ4v) is 4.88. The topological polar surface area (TPSA) is 79.6 Å². The lowest BCUT2D eigenvalue weighted by molar-refractivity contribution is -0.114. The van der Waals surface area contributed by atoms with Gasteiger partial charge in [0, 0.05) is 35.4 Å². The zero-order valence-corrected chi connectivity index (χ0v) is 20.7. The van der Waals surface area contributed by atoms with Crippen molar-refractivity contribution in [2.24, 2.45) is 0 Å². The van der Waals surface area contributed by atoms with Crippen LogP contribution in [-0.2, 0) is 4.79 Å². The summed E-state index contributed by atoms with van der Waals surface area (Å²) in [6.07, 6.45) is 2.80. The number of benzene rings is 1. The third kappa shape index (κ3) is 3.92. The monoisotopic (exact) mass is 497 g/mol. The van der Waals surface area contributed by atoms with E-state index in [4.69, 9.17) is 10.1 Å². The van der Waals surface area contributed by atoms with Gasteiger partial charge in [-0.25, -0.2) is 9.50 Å². The Hall–Kier alpha value is -2.74. The van der Waals surface area contributed by atoms with Crippen molar-refractivity contribution in [3.63, 3.8) is 0 Å². The molecule has 1 aliphatic heterocycles. The number of piperidine rings is 1. The van der Waals surface area contributed by atoms with Gasteiger partial charge in [0.25, 0.3) is 5.91 Å². The van der Waals surface area contributed by atoms with Gasteiger partial charge in [-0.05, 0) is 80.1 Å². The Morgan fingerprint density at radius 2 is 1.91 bits per heavy atom. The highest BCUT2D eigenvalue weighted by Crippen LogP contribution is 2.36. The van der Waals surface area contributed by atoms with Crippen LogP contribution in [0.3, 0.4) is 0 Å². The van der Waals surface area contributed by atoms with Gasteiger partial charge in [0.15, 0.2) is 5.65 Å². The summed E-state index contributed by atoms with van der Waals surface area (Å²) in [7, 11) is 0. The summed E-state index contributed by atoms with van der Waals surface area (Å²) in [6, 6.07) is 5.53. The third-order valence-electron chi connectivity index (χ3n) is 6.36. The zero-order chi connectivity index (χ0) is 23.2. The number of fused-ring (bicyclic) bond motifs is 1. The van der Waals surface area contributed by atoms with Crippen LogP contribution in [0.5, 0.6) is 0 Å². The minimum Gasteiger partial charge on any atom is -0.330 e. The Morgan fingerprint density at radius 3 is 2.62 bits per heavy atom. The fraction of sp³-hybridized carbons (Fsp3) is 0.417. The van der Waals surface area contributed by atoms with Crippen molar-refractivity contribution in [3.8, 4) is 0 Å². The SMILES string of the molecule is CC(=O)Nc1ccc(C)c(Br)c1C(=O)N1CCCC[C@H]1c1cc2nc(C)c(C)c(C)n2n1. The maximum Gasteiger partial charge on any atom is 0.257 e. The molecule has 1 saturated heterocycles. The molecule has 1 N–H and O–H groups in total. The number of hydrogen-bond acceptors (Lipinski definition) is 4. The molecule has 0 aliphatic carbocycles. The third-order valence-corrected chi connectivity index (χ3v) is 7.38. The molecule has 4 rings (SSSR count). The van der Waals surface area contributed by atoms with Gasteiger partial charge >= 0.3 is 0 Å². The highest BCUT2D eigenvalue weighted by molar-refractivity contribution is 9.10. The minimum absolute atomic E-state index is 0.108. The summed E-state index contributed by atoms with van der Waals surface area (Å²) in [4.78, 5) is 32.2. The molecule has 1 fully saturated rings. The van der Waals surface area contributed by atoms with Gasteiger partial charge in [-0.2, -0.15) is 5.10 Å². The number of carbonyl (C=O) groups excluding carboxylic acids is 2. The first-order valence-corrected chi connectivity index (χ1v) is 11.7. The number of nitrogens with zero attached hydrogens (tertiary/aromatic N) is 4. The van der Waals surface area contributed by atoms with E-state index in [1.54, 1.807) is 6.07 Å². The van der Waals surface area contributed by atoms with Crippen molar-refractivity contribution in [2.75, 3.05) is 11.9 Å². The Labute approximate surface area is 196 Å². The van der Waals surface area contributed by atoms with Crippen LogP contribution < -0.4 is 5.32 Å². The number of aromatic nitrogens is 3. The highest BCUT2D eigenvalue weighted by atomic mass is 79.9. The zero-order valence-electron chi connectivity index (χ0n) is 19.1. The normalized spacial score (nSPS) is 16.4. The second-order valence-electron chi connectivity index (χ2n) is 8.56. The number of nitrogens with one attached hydrogen (secondary N) is 1. The molecule has 0 bridgehead atoms. The molecule has 1 aliphatic rings. The lowest BCUT2D eigenvalue weighted by Gasteiger charge is -2.35. The Bertz CT molecular complexity index is 1230. The van der Waals surface area contributed by atoms with Crippen LogP contribution in [0.4, 0.5) is 5.69 Å². The maximum atomic E-state index is 13.8. The van der Waals surface area contributed by atoms with E-state index < -0.39 is 0 Å². The van der Waals surface area contributed by atoms with Crippen LogP contribution in [-0.4, -0.2) is 37.9 Å². The fourth-order valence-electron chi connectivity index (χ4n) is 4.36. The number of hydrogen-bond donors (Lipinski definition) is 1. The molecule has 0 saturated carbocycles. The average molecular weight is 498 g/mol. The standard InChI is InChI=1S/C24H28BrN5O2/c1-13-9-10-18(27-17(5)31)22(23(13)25)24(32)29-11-7-6-8-20(29)19-12-21-26-15(3)14(2)16(4)30(21)28-19/h9-10,12,20H,6-8,11H2,1-5H3,(H,27,31)/t20-/m0/s1. The number of likely N-dealkylation sites (tertiary alicyclic amines) is 1. The predicted molar refractivity (Wildman–Crippen MR) is 128 cm³/mol. The second kappa shape index (κ2) is 8.65. The molecule has 0 spiro atoms. The van der Waals surface area contributed by atoms with E-state index >= 15 is 0 Å². The van der Waals surface area contributed by atoms with Crippen LogP contribution in [0.2, 0.25) is 0 Å². The molecule has 1 aromatic carbocycles. The molecule has 8 heteroatoms. The molecule has 7 nitrogen and oxygen atoms in total. The second-order valence-corrected chi connectivity index (χ2v) is 9.35. The summed E-state index contributed by atoms with van der Waals surface area (Å²) in [6.45, 7) is 10.1. The molecule has 3 heterocycles. The van der Waals surface area contributed by atoms with E-state index in [0.29, 0.717) is 22.3 Å². The van der Waals surface area contributed by atoms with Crippen molar-refractivity contribution >= 4 is 39.1 Å². The number of carbonyl (C=O) groups is 2. The van der Waals surface area contributed by atoms with Crippen LogP contribution in [0, 0.1) is 27.7 Å². The van der Waals surface area contributed by atoms with Gasteiger partial charge in [-0.15, -0.1) is 0 Å². The molecule has 1 atom stereocenters. The van der Waals surface area contributed by atoms with E-state index in [2.05, 4.69) is 21.2 Å². The van der Waals surface area contributed by atoms with Crippen molar-refractivity contribution < 1.29 is 9.59 Å².